The summed E-state index contributed by atoms with van der Waals surface area (Å²) >= 11 is 0. The Hall–Kier alpha value is -3.93. The van der Waals surface area contributed by atoms with Crippen LogP contribution in [0.4, 0.5) is 6.01 Å². The van der Waals surface area contributed by atoms with Crippen molar-refractivity contribution in [1.29, 1.82) is 0 Å². The summed E-state index contributed by atoms with van der Waals surface area (Å²) in [6.07, 6.45) is 0. The summed E-state index contributed by atoms with van der Waals surface area (Å²) in [5.74, 6) is 0.558. The molecule has 0 saturated heterocycles. The van der Waals surface area contributed by atoms with Gasteiger partial charge in [0.15, 0.2) is 0 Å². The van der Waals surface area contributed by atoms with Crippen LogP contribution in [0.1, 0.15) is 10.4 Å². The highest BCUT2D eigenvalue weighted by Crippen LogP contribution is 2.29. The lowest BCUT2D eigenvalue weighted by molar-refractivity contribution is 0.102. The van der Waals surface area contributed by atoms with E-state index in [9.17, 15) is 4.79 Å². The summed E-state index contributed by atoms with van der Waals surface area (Å²) in [5, 5.41) is 10.5. The van der Waals surface area contributed by atoms with Crippen LogP contribution >= 0.6 is 0 Å². The second-order valence-electron chi connectivity index (χ2n) is 6.01. The molecule has 0 atom stereocenters. The van der Waals surface area contributed by atoms with Crippen LogP contribution in [0.2, 0.25) is 0 Å². The topological polar surface area (TPSA) is 77.3 Å². The molecule has 1 aromatic heterocycles. The third kappa shape index (κ3) is 3.61. The molecule has 6 heteroatoms. The molecule has 3 aromatic carbocycles. The van der Waals surface area contributed by atoms with E-state index in [0.717, 1.165) is 11.1 Å². The van der Waals surface area contributed by atoms with Gasteiger partial charge in [-0.3, -0.25) is 10.1 Å². The summed E-state index contributed by atoms with van der Waals surface area (Å²) in [6, 6.07) is 24.6. The number of amides is 1. The van der Waals surface area contributed by atoms with Gasteiger partial charge in [0.1, 0.15) is 5.75 Å². The summed E-state index contributed by atoms with van der Waals surface area (Å²) in [7, 11) is 1.57. The molecule has 0 spiro atoms. The van der Waals surface area contributed by atoms with E-state index < -0.39 is 0 Å². The number of carbonyl (C=O) groups excluding carboxylic acids is 1. The highest BCUT2D eigenvalue weighted by molar-refractivity contribution is 6.03. The Bertz CT molecular complexity index is 1090. The number of rotatable bonds is 5. The predicted molar refractivity (Wildman–Crippen MR) is 106 cm³/mol. The van der Waals surface area contributed by atoms with E-state index in [2.05, 4.69) is 15.5 Å². The minimum atomic E-state index is -0.324. The van der Waals surface area contributed by atoms with Gasteiger partial charge in [-0.1, -0.05) is 59.7 Å². The standard InChI is InChI=1S/C22H17N3O3/c1-27-19-10-6-5-9-18(19)21-24-25-22(28-21)23-20(26)17-13-11-16(12-14-17)15-7-3-2-4-8-15/h2-14H,1H3,(H,23,25,26). The van der Waals surface area contributed by atoms with Gasteiger partial charge in [-0.2, -0.15) is 0 Å². The van der Waals surface area contributed by atoms with Gasteiger partial charge >= 0.3 is 6.01 Å². The number of aromatic nitrogens is 2. The average molecular weight is 371 g/mol. The first-order valence-corrected chi connectivity index (χ1v) is 8.68. The molecule has 1 N–H and O–H groups in total. The van der Waals surface area contributed by atoms with Crippen LogP contribution in [0.3, 0.4) is 0 Å². The van der Waals surface area contributed by atoms with Crippen LogP contribution in [0.5, 0.6) is 5.75 Å². The Morgan fingerprint density at radius 2 is 1.54 bits per heavy atom. The molecule has 0 aliphatic heterocycles. The first-order chi connectivity index (χ1) is 13.7. The zero-order chi connectivity index (χ0) is 19.3. The lowest BCUT2D eigenvalue weighted by atomic mass is 10.0. The second-order valence-corrected chi connectivity index (χ2v) is 6.01. The Morgan fingerprint density at radius 1 is 0.857 bits per heavy atom. The van der Waals surface area contributed by atoms with E-state index in [4.69, 9.17) is 9.15 Å². The molecule has 0 radical (unpaired) electrons. The molecule has 1 heterocycles. The van der Waals surface area contributed by atoms with Crippen LogP contribution < -0.4 is 10.1 Å². The van der Waals surface area contributed by atoms with Crippen LogP contribution in [0.15, 0.2) is 83.3 Å². The third-order valence-electron chi connectivity index (χ3n) is 4.24. The van der Waals surface area contributed by atoms with Crippen molar-refractivity contribution in [3.63, 3.8) is 0 Å². The summed E-state index contributed by atoms with van der Waals surface area (Å²) in [4.78, 5) is 12.5. The number of para-hydroxylation sites is 1. The van der Waals surface area contributed by atoms with E-state index >= 15 is 0 Å². The van der Waals surface area contributed by atoms with Crippen molar-refractivity contribution < 1.29 is 13.9 Å². The fraction of sp³-hybridized carbons (Fsp3) is 0.0455. The predicted octanol–water partition coefficient (Wildman–Crippen LogP) is 4.66. The van der Waals surface area contributed by atoms with Crippen LogP contribution in [-0.4, -0.2) is 23.2 Å². The molecule has 0 bridgehead atoms. The largest absolute Gasteiger partial charge is 0.496 e. The smallest absolute Gasteiger partial charge is 0.322 e. The molecule has 4 aromatic rings. The summed E-state index contributed by atoms with van der Waals surface area (Å²) in [5.41, 5.74) is 3.28. The molecule has 6 nitrogen and oxygen atoms in total. The van der Waals surface area contributed by atoms with Crippen molar-refractivity contribution in [1.82, 2.24) is 10.2 Å². The molecule has 0 unspecified atom stereocenters. The van der Waals surface area contributed by atoms with Crippen molar-refractivity contribution in [2.24, 2.45) is 0 Å². The molecule has 0 saturated carbocycles. The average Bonchev–Trinajstić information content (AvgIpc) is 3.22. The van der Waals surface area contributed by atoms with Crippen molar-refractivity contribution in [2.45, 2.75) is 0 Å². The first-order valence-electron chi connectivity index (χ1n) is 8.68. The van der Waals surface area contributed by atoms with Crippen LogP contribution in [0, 0.1) is 0 Å². The van der Waals surface area contributed by atoms with Gasteiger partial charge in [0.25, 0.3) is 11.8 Å². The van der Waals surface area contributed by atoms with Gasteiger partial charge in [-0.05, 0) is 35.4 Å². The Labute approximate surface area is 161 Å². The molecule has 0 aliphatic rings. The molecule has 1 amide bonds. The van der Waals surface area contributed by atoms with Gasteiger partial charge in [0.2, 0.25) is 0 Å². The number of hydrogen-bond donors (Lipinski definition) is 1. The summed E-state index contributed by atoms with van der Waals surface area (Å²) < 4.78 is 10.9. The minimum Gasteiger partial charge on any atom is -0.496 e. The lowest BCUT2D eigenvalue weighted by Crippen LogP contribution is -2.11. The molecular formula is C22H17N3O3. The van der Waals surface area contributed by atoms with Crippen molar-refractivity contribution in [3.05, 3.63) is 84.4 Å². The maximum atomic E-state index is 12.5. The monoisotopic (exact) mass is 371 g/mol. The van der Waals surface area contributed by atoms with Crippen LogP contribution in [-0.2, 0) is 0 Å². The molecule has 138 valence electrons. The molecule has 28 heavy (non-hydrogen) atoms. The molecular weight excluding hydrogens is 354 g/mol. The van der Waals surface area contributed by atoms with E-state index in [1.165, 1.54) is 0 Å². The maximum absolute atomic E-state index is 12.5. The number of methoxy groups -OCH3 is 1. The highest BCUT2D eigenvalue weighted by atomic mass is 16.5. The zero-order valence-electron chi connectivity index (χ0n) is 15.1. The van der Waals surface area contributed by atoms with Crippen molar-refractivity contribution in [3.8, 4) is 28.3 Å². The molecule has 4 rings (SSSR count). The normalized spacial score (nSPS) is 10.5. The second kappa shape index (κ2) is 7.75. The summed E-state index contributed by atoms with van der Waals surface area (Å²) in [6.45, 7) is 0. The van der Waals surface area contributed by atoms with Crippen molar-refractivity contribution >= 4 is 11.9 Å². The Kier molecular flexibility index (Phi) is 4.84. The number of hydrogen-bond acceptors (Lipinski definition) is 5. The fourth-order valence-electron chi connectivity index (χ4n) is 2.82. The maximum Gasteiger partial charge on any atom is 0.322 e. The number of nitrogens with zero attached hydrogens (tertiary/aromatic N) is 2. The fourth-order valence-corrected chi connectivity index (χ4v) is 2.82. The first kappa shape index (κ1) is 17.5. The molecule has 0 fully saturated rings. The quantitative estimate of drug-likeness (QED) is 0.552. The van der Waals surface area contributed by atoms with Crippen molar-refractivity contribution in [2.75, 3.05) is 12.4 Å². The van der Waals surface area contributed by atoms with Gasteiger partial charge in [-0.25, -0.2) is 0 Å². The Balaban J connectivity index is 1.49. The number of anilines is 1. The Morgan fingerprint density at radius 3 is 2.29 bits per heavy atom. The number of nitrogens with one attached hydrogen (secondary N) is 1. The number of carbonyl (C=O) groups is 1. The SMILES string of the molecule is COc1ccccc1-c1nnc(NC(=O)c2ccc(-c3ccccc3)cc2)o1. The van der Waals surface area contributed by atoms with Gasteiger partial charge in [-0.15, -0.1) is 5.10 Å². The lowest BCUT2D eigenvalue weighted by Gasteiger charge is -2.04. The van der Waals surface area contributed by atoms with E-state index in [1.807, 2.05) is 54.6 Å². The third-order valence-corrected chi connectivity index (χ3v) is 4.24. The van der Waals surface area contributed by atoms with E-state index in [0.29, 0.717) is 16.9 Å². The number of benzene rings is 3. The highest BCUT2D eigenvalue weighted by Gasteiger charge is 2.15. The van der Waals surface area contributed by atoms with Gasteiger partial charge in [0, 0.05) is 5.56 Å². The van der Waals surface area contributed by atoms with Gasteiger partial charge < -0.3 is 9.15 Å². The zero-order valence-corrected chi connectivity index (χ0v) is 15.1. The number of ether oxygens (including phenoxy) is 1. The van der Waals surface area contributed by atoms with E-state index in [1.54, 1.807) is 31.4 Å². The minimum absolute atomic E-state index is 0.0260. The van der Waals surface area contributed by atoms with Gasteiger partial charge in [0.05, 0.1) is 12.7 Å². The van der Waals surface area contributed by atoms with E-state index in [-0.39, 0.29) is 17.8 Å². The molecule has 0 aliphatic carbocycles. The van der Waals surface area contributed by atoms with Crippen LogP contribution in [0.25, 0.3) is 22.6 Å².